The highest BCUT2D eigenvalue weighted by atomic mass is 14.2. The first-order chi connectivity index (χ1) is 31.8. The lowest BCUT2D eigenvalue weighted by atomic mass is 9.86. The number of benzene rings is 13. The Morgan fingerprint density at radius 3 is 1.06 bits per heavy atom. The Morgan fingerprint density at radius 2 is 0.547 bits per heavy atom. The lowest BCUT2D eigenvalue weighted by Crippen LogP contribution is -1.91. The van der Waals surface area contributed by atoms with Crippen LogP contribution in [0.3, 0.4) is 0 Å². The molecule has 0 heterocycles. The van der Waals surface area contributed by atoms with E-state index >= 15 is 0 Å². The Balaban J connectivity index is 0.000000136. The van der Waals surface area contributed by atoms with Gasteiger partial charge in [-0.3, -0.25) is 0 Å². The van der Waals surface area contributed by atoms with Crippen LogP contribution in [0.4, 0.5) is 0 Å². The number of rotatable bonds is 6. The highest BCUT2D eigenvalue weighted by Crippen LogP contribution is 2.43. The molecule has 0 aromatic heterocycles. The predicted molar refractivity (Wildman–Crippen MR) is 278 cm³/mol. The summed E-state index contributed by atoms with van der Waals surface area (Å²) < 4.78 is 0. The van der Waals surface area contributed by atoms with Gasteiger partial charge in [0.1, 0.15) is 0 Å². The highest BCUT2D eigenvalue weighted by Gasteiger charge is 2.16. The van der Waals surface area contributed by atoms with Crippen molar-refractivity contribution in [2.75, 3.05) is 0 Å². The second kappa shape index (κ2) is 15.9. The van der Waals surface area contributed by atoms with E-state index in [4.69, 9.17) is 0 Å². The van der Waals surface area contributed by atoms with Crippen molar-refractivity contribution in [3.8, 4) is 0 Å². The molecule has 0 amide bonds. The van der Waals surface area contributed by atoms with Crippen molar-refractivity contribution >= 4 is 98.7 Å². The quantitative estimate of drug-likeness (QED) is 0.0891. The van der Waals surface area contributed by atoms with Crippen LogP contribution in [-0.2, 0) is 0 Å². The van der Waals surface area contributed by atoms with E-state index in [0.29, 0.717) is 0 Å². The summed E-state index contributed by atoms with van der Waals surface area (Å²) in [5, 5.41) is 18.5. The van der Waals surface area contributed by atoms with Crippen LogP contribution in [0.2, 0.25) is 0 Å². The fourth-order valence-electron chi connectivity index (χ4n) is 10.1. The molecular formula is C64H42. The second-order valence-electron chi connectivity index (χ2n) is 16.7. The molecule has 13 aromatic rings. The van der Waals surface area contributed by atoms with Crippen LogP contribution in [0.1, 0.15) is 33.4 Å². The third kappa shape index (κ3) is 6.48. The fraction of sp³-hybridized carbons (Fsp3) is 0. The predicted octanol–water partition coefficient (Wildman–Crippen LogP) is 17.5. The van der Waals surface area contributed by atoms with Crippen molar-refractivity contribution in [1.29, 1.82) is 0 Å². The van der Waals surface area contributed by atoms with E-state index < -0.39 is 0 Å². The van der Waals surface area contributed by atoms with E-state index in [2.05, 4.69) is 255 Å². The maximum atomic E-state index is 2.38. The van der Waals surface area contributed by atoms with Crippen LogP contribution in [0, 0.1) is 0 Å². The molecule has 0 aliphatic rings. The Hall–Kier alpha value is -8.32. The topological polar surface area (TPSA) is 0 Å². The van der Waals surface area contributed by atoms with Gasteiger partial charge in [0.25, 0.3) is 0 Å². The minimum atomic E-state index is 1.23. The summed E-state index contributed by atoms with van der Waals surface area (Å²) in [5.41, 5.74) is 9.90. The lowest BCUT2D eigenvalue weighted by Gasteiger charge is -2.17. The largest absolute Gasteiger partial charge is 0.0622 e. The smallest absolute Gasteiger partial charge is 0.00199 e. The van der Waals surface area contributed by atoms with Gasteiger partial charge < -0.3 is 0 Å². The number of hydrogen-bond acceptors (Lipinski definition) is 0. The second-order valence-corrected chi connectivity index (χ2v) is 16.7. The molecule has 0 N–H and O–H groups in total. The van der Waals surface area contributed by atoms with Gasteiger partial charge in [0, 0.05) is 0 Å². The van der Waals surface area contributed by atoms with E-state index in [1.54, 1.807) is 0 Å². The summed E-state index contributed by atoms with van der Waals surface area (Å²) in [7, 11) is 0. The van der Waals surface area contributed by atoms with Crippen LogP contribution < -0.4 is 0 Å². The molecule has 0 atom stereocenters. The summed E-state index contributed by atoms with van der Waals surface area (Å²) >= 11 is 0. The third-order valence-electron chi connectivity index (χ3n) is 13.0. The van der Waals surface area contributed by atoms with Gasteiger partial charge in [-0.25, -0.2) is 0 Å². The minimum Gasteiger partial charge on any atom is -0.0622 e. The van der Waals surface area contributed by atoms with Crippen molar-refractivity contribution in [3.63, 3.8) is 0 Å². The molecule has 0 nitrogen and oxygen atoms in total. The first-order valence-electron chi connectivity index (χ1n) is 22.2. The number of fused-ring (bicyclic) bond motifs is 2. The van der Waals surface area contributed by atoms with Gasteiger partial charge in [0.05, 0.1) is 0 Å². The van der Waals surface area contributed by atoms with E-state index in [1.165, 1.54) is 120 Å². The van der Waals surface area contributed by atoms with E-state index in [1.807, 2.05) is 0 Å². The SMILES string of the molecule is C(=C(c1ccccc1)c1ccccc1)c1ccc2ccc3cccc4ccc1c2c34.C(=C(c1ccccc1)c1ccccc1)c1ccc2cccc3c4cccc5cccc(c1c23)c54. The zero-order valence-corrected chi connectivity index (χ0v) is 35.2. The molecule has 0 saturated carbocycles. The van der Waals surface area contributed by atoms with Gasteiger partial charge in [-0.05, 0) is 132 Å². The molecule has 13 rings (SSSR count). The van der Waals surface area contributed by atoms with Crippen LogP contribution in [-0.4, -0.2) is 0 Å². The number of hydrogen-bond donors (Lipinski definition) is 0. The molecule has 0 saturated heterocycles. The van der Waals surface area contributed by atoms with Crippen molar-refractivity contribution in [2.45, 2.75) is 0 Å². The van der Waals surface area contributed by atoms with Crippen LogP contribution in [0.25, 0.3) is 98.7 Å². The first kappa shape index (κ1) is 37.4. The lowest BCUT2D eigenvalue weighted by molar-refractivity contribution is 1.56. The summed E-state index contributed by atoms with van der Waals surface area (Å²) in [6.07, 6.45) is 4.72. The van der Waals surface area contributed by atoms with E-state index in [0.717, 1.165) is 0 Å². The molecule has 0 aliphatic heterocycles. The van der Waals surface area contributed by atoms with Gasteiger partial charge in [-0.1, -0.05) is 243 Å². The molecule has 0 radical (unpaired) electrons. The fourth-order valence-corrected chi connectivity index (χ4v) is 10.1. The van der Waals surface area contributed by atoms with Crippen LogP contribution in [0.5, 0.6) is 0 Å². The van der Waals surface area contributed by atoms with Gasteiger partial charge in [0.2, 0.25) is 0 Å². The standard InChI is InChI=1S/C34H22.C30H20/c1-3-10-23(11-4-1)31(24-12-5-2-6-13-24)22-27-21-20-26-16-8-18-29-28-17-7-14-25-15-9-19-30(32(25)28)34(27)33(26)29;1-3-8-21(9-4-1)28(22-10-5-2-6-11-22)20-26-17-16-25-15-14-23-12-7-13-24-18-19-27(26)30(25)29(23)24/h1-22H;1-20H. The molecule has 298 valence electrons. The normalized spacial score (nSPS) is 11.4. The maximum absolute atomic E-state index is 2.38. The molecule has 0 fully saturated rings. The molecule has 0 unspecified atom stereocenters. The molecular weight excluding hydrogens is 769 g/mol. The summed E-state index contributed by atoms with van der Waals surface area (Å²) in [5.74, 6) is 0. The van der Waals surface area contributed by atoms with Gasteiger partial charge >= 0.3 is 0 Å². The zero-order chi connectivity index (χ0) is 42.4. The molecule has 0 heteroatoms. The van der Waals surface area contributed by atoms with Gasteiger partial charge in [0.15, 0.2) is 0 Å². The van der Waals surface area contributed by atoms with Crippen molar-refractivity contribution in [2.24, 2.45) is 0 Å². The molecule has 0 aliphatic carbocycles. The van der Waals surface area contributed by atoms with Crippen molar-refractivity contribution in [3.05, 3.63) is 276 Å². The Bertz CT molecular complexity index is 3740. The van der Waals surface area contributed by atoms with E-state index in [9.17, 15) is 0 Å². The Kier molecular flexibility index (Phi) is 9.28. The van der Waals surface area contributed by atoms with Crippen LogP contribution >= 0.6 is 0 Å². The van der Waals surface area contributed by atoms with E-state index in [-0.39, 0.29) is 0 Å². The molecule has 64 heavy (non-hydrogen) atoms. The van der Waals surface area contributed by atoms with Gasteiger partial charge in [-0.15, -0.1) is 0 Å². The highest BCUT2D eigenvalue weighted by molar-refractivity contribution is 6.34. The van der Waals surface area contributed by atoms with Gasteiger partial charge in [-0.2, -0.15) is 0 Å². The molecule has 0 spiro atoms. The molecule has 13 aromatic carbocycles. The Labute approximate surface area is 373 Å². The van der Waals surface area contributed by atoms with Crippen molar-refractivity contribution < 1.29 is 0 Å². The average molecular weight is 811 g/mol. The molecule has 0 bridgehead atoms. The minimum absolute atomic E-state index is 1.23. The summed E-state index contributed by atoms with van der Waals surface area (Å²) in [6, 6.07) is 87.5. The third-order valence-corrected chi connectivity index (χ3v) is 13.0. The summed E-state index contributed by atoms with van der Waals surface area (Å²) in [4.78, 5) is 0. The maximum Gasteiger partial charge on any atom is -0.00199 e. The monoisotopic (exact) mass is 810 g/mol. The first-order valence-corrected chi connectivity index (χ1v) is 22.2. The van der Waals surface area contributed by atoms with Crippen LogP contribution in [0.15, 0.2) is 243 Å². The van der Waals surface area contributed by atoms with Crippen molar-refractivity contribution in [1.82, 2.24) is 0 Å². The summed E-state index contributed by atoms with van der Waals surface area (Å²) in [6.45, 7) is 0. The Morgan fingerprint density at radius 1 is 0.203 bits per heavy atom. The average Bonchev–Trinajstić information content (AvgIpc) is 3.37. The zero-order valence-electron chi connectivity index (χ0n) is 35.2.